The molecule has 0 aromatic heterocycles. The van der Waals surface area contributed by atoms with Crippen LogP contribution in [0.4, 0.5) is 18.0 Å². The predicted octanol–water partition coefficient (Wildman–Crippen LogP) is 1.58. The van der Waals surface area contributed by atoms with Crippen LogP contribution < -0.4 is 21.1 Å². The fourth-order valence-corrected chi connectivity index (χ4v) is 4.19. The molecule has 2 fully saturated rings. The van der Waals surface area contributed by atoms with Crippen molar-refractivity contribution in [3.8, 4) is 5.75 Å². The summed E-state index contributed by atoms with van der Waals surface area (Å²) in [5.41, 5.74) is 5.71. The number of piperidine rings is 1. The number of alkyl halides is 3. The fourth-order valence-electron chi connectivity index (χ4n) is 4.19. The lowest BCUT2D eigenvalue weighted by molar-refractivity contribution is -0.274. The Bertz CT molecular complexity index is 714. The Hall–Kier alpha value is -2.49. The van der Waals surface area contributed by atoms with Gasteiger partial charge in [-0.2, -0.15) is 0 Å². The molecule has 1 aliphatic heterocycles. The molecule has 3 atom stereocenters. The number of nitrogens with one attached hydrogen (secondary N) is 2. The smallest absolute Gasteiger partial charge is 0.406 e. The van der Waals surface area contributed by atoms with Crippen LogP contribution in [0.25, 0.3) is 0 Å². The highest BCUT2D eigenvalue weighted by Crippen LogP contribution is 2.37. The van der Waals surface area contributed by atoms with E-state index in [0.717, 1.165) is 31.5 Å². The number of carbonyl (C=O) groups excluding carboxylic acids is 2. The third kappa shape index (κ3) is 5.51. The first-order chi connectivity index (χ1) is 13.2. The lowest BCUT2D eigenvalue weighted by atomic mass is 9.91. The highest BCUT2D eigenvalue weighted by Gasteiger charge is 2.42. The Morgan fingerprint density at radius 1 is 1.21 bits per heavy atom. The molecule has 1 aromatic rings. The molecule has 1 unspecified atom stereocenters. The summed E-state index contributed by atoms with van der Waals surface area (Å²) >= 11 is 0. The number of hydrogen-bond donors (Lipinski definition) is 3. The maximum atomic E-state index is 12.4. The largest absolute Gasteiger partial charge is 0.573 e. The van der Waals surface area contributed by atoms with Crippen LogP contribution in [-0.4, -0.2) is 48.9 Å². The number of urea groups is 1. The molecule has 28 heavy (non-hydrogen) atoms. The first kappa shape index (κ1) is 20.2. The Labute approximate surface area is 160 Å². The number of likely N-dealkylation sites (tertiary alicyclic amines) is 1. The lowest BCUT2D eigenvalue weighted by Crippen LogP contribution is -2.54. The second kappa shape index (κ2) is 8.26. The molecule has 3 amide bonds. The fraction of sp³-hybridized carbons (Fsp3) is 0.556. The average molecular weight is 400 g/mol. The topological polar surface area (TPSA) is 96.7 Å². The normalized spacial score (nSPS) is 24.6. The molecule has 154 valence electrons. The summed E-state index contributed by atoms with van der Waals surface area (Å²) < 4.78 is 41.2. The van der Waals surface area contributed by atoms with Gasteiger partial charge in [0, 0.05) is 25.7 Å². The maximum Gasteiger partial charge on any atom is 0.573 e. The van der Waals surface area contributed by atoms with E-state index < -0.39 is 12.4 Å². The highest BCUT2D eigenvalue weighted by molar-refractivity contribution is 5.83. The molecule has 3 rings (SSSR count). The maximum absolute atomic E-state index is 12.4. The average Bonchev–Trinajstić information content (AvgIpc) is 2.81. The molecule has 0 spiro atoms. The minimum absolute atomic E-state index is 0.0401. The number of rotatable bonds is 6. The number of hydrogen-bond acceptors (Lipinski definition) is 4. The van der Waals surface area contributed by atoms with Crippen molar-refractivity contribution in [1.82, 2.24) is 15.5 Å². The van der Waals surface area contributed by atoms with E-state index in [4.69, 9.17) is 5.73 Å². The van der Waals surface area contributed by atoms with E-state index in [-0.39, 0.29) is 36.1 Å². The Morgan fingerprint density at radius 3 is 2.50 bits per heavy atom. The third-order valence-electron chi connectivity index (χ3n) is 5.20. The van der Waals surface area contributed by atoms with Gasteiger partial charge in [0.05, 0.1) is 6.54 Å². The van der Waals surface area contributed by atoms with Crippen molar-refractivity contribution in [2.45, 2.75) is 31.8 Å². The van der Waals surface area contributed by atoms with Gasteiger partial charge >= 0.3 is 12.4 Å². The predicted molar refractivity (Wildman–Crippen MR) is 94.1 cm³/mol. The molecule has 1 aromatic carbocycles. The zero-order chi connectivity index (χ0) is 20.3. The van der Waals surface area contributed by atoms with Gasteiger partial charge in [-0.3, -0.25) is 9.69 Å². The van der Waals surface area contributed by atoms with Crippen molar-refractivity contribution in [2.24, 2.45) is 17.6 Å². The van der Waals surface area contributed by atoms with E-state index in [1.807, 2.05) is 0 Å². The van der Waals surface area contributed by atoms with Crippen LogP contribution in [0.2, 0.25) is 0 Å². The van der Waals surface area contributed by atoms with Crippen molar-refractivity contribution < 1.29 is 27.5 Å². The lowest BCUT2D eigenvalue weighted by Gasteiger charge is -2.38. The van der Waals surface area contributed by atoms with Crippen LogP contribution in [0.3, 0.4) is 0 Å². The molecule has 1 saturated heterocycles. The molecule has 1 saturated carbocycles. The van der Waals surface area contributed by atoms with E-state index in [1.54, 1.807) is 12.1 Å². The number of nitrogens with two attached hydrogens (primary N) is 1. The van der Waals surface area contributed by atoms with Gasteiger partial charge in [0.25, 0.3) is 0 Å². The Morgan fingerprint density at radius 2 is 1.89 bits per heavy atom. The molecule has 10 heteroatoms. The van der Waals surface area contributed by atoms with Gasteiger partial charge in [0.2, 0.25) is 5.91 Å². The minimum atomic E-state index is -4.71. The molecular formula is C18H23F3N4O3. The van der Waals surface area contributed by atoms with E-state index in [1.165, 1.54) is 12.1 Å². The number of ether oxygens (including phenoxy) is 1. The highest BCUT2D eigenvalue weighted by atomic mass is 19.4. The number of amides is 3. The number of primary amides is 1. The van der Waals surface area contributed by atoms with Gasteiger partial charge in [-0.15, -0.1) is 13.2 Å². The number of nitrogens with zero attached hydrogens (tertiary/aromatic N) is 1. The van der Waals surface area contributed by atoms with Gasteiger partial charge in [-0.1, -0.05) is 12.1 Å². The van der Waals surface area contributed by atoms with Gasteiger partial charge in [0.15, 0.2) is 0 Å². The van der Waals surface area contributed by atoms with Crippen molar-refractivity contribution in [3.63, 3.8) is 0 Å². The Kier molecular flexibility index (Phi) is 5.97. The third-order valence-corrected chi connectivity index (χ3v) is 5.20. The minimum Gasteiger partial charge on any atom is -0.406 e. The molecule has 0 radical (unpaired) electrons. The molecule has 2 aliphatic rings. The standard InChI is InChI=1S/C18H23F3N4O3/c19-18(20,21)28-14-3-1-2-11(6-14)8-25-9-12-4-5-13(10-25)16(12)24-15(26)7-23-17(22)27/h1-3,6,12-13,16H,4-5,7-10H2,(H,24,26)(H3,22,23,27)/t12-,13+,16?. The monoisotopic (exact) mass is 400 g/mol. The van der Waals surface area contributed by atoms with Crippen molar-refractivity contribution >= 4 is 11.9 Å². The van der Waals surface area contributed by atoms with Crippen molar-refractivity contribution in [1.29, 1.82) is 0 Å². The zero-order valence-corrected chi connectivity index (χ0v) is 15.2. The first-order valence-electron chi connectivity index (χ1n) is 9.09. The molecule has 7 nitrogen and oxygen atoms in total. The van der Waals surface area contributed by atoms with Crippen molar-refractivity contribution in [2.75, 3.05) is 19.6 Å². The van der Waals surface area contributed by atoms with Gasteiger partial charge in [-0.25, -0.2) is 4.79 Å². The SMILES string of the molecule is NC(=O)NCC(=O)NC1[C@@H]2CC[C@H]1CN(Cc1cccc(OC(F)(F)F)c1)C2. The second-order valence-corrected chi connectivity index (χ2v) is 7.30. The number of halogens is 3. The van der Waals surface area contributed by atoms with Crippen molar-refractivity contribution in [3.05, 3.63) is 29.8 Å². The molecular weight excluding hydrogens is 377 g/mol. The summed E-state index contributed by atoms with van der Waals surface area (Å²) in [5.74, 6) is 0.0417. The van der Waals surface area contributed by atoms with Crippen LogP contribution in [0.15, 0.2) is 24.3 Å². The summed E-state index contributed by atoms with van der Waals surface area (Å²) in [4.78, 5) is 24.9. The summed E-state index contributed by atoms with van der Waals surface area (Å²) in [6, 6.07) is 5.29. The second-order valence-electron chi connectivity index (χ2n) is 7.30. The summed E-state index contributed by atoms with van der Waals surface area (Å²) in [7, 11) is 0. The first-order valence-corrected chi connectivity index (χ1v) is 9.09. The summed E-state index contributed by atoms with van der Waals surface area (Å²) in [5, 5.41) is 5.25. The summed E-state index contributed by atoms with van der Waals surface area (Å²) in [6.07, 6.45) is -2.75. The van der Waals surface area contributed by atoms with Crippen LogP contribution in [0, 0.1) is 11.8 Å². The molecule has 2 bridgehead atoms. The number of carbonyl (C=O) groups is 2. The quantitative estimate of drug-likeness (QED) is 0.676. The van der Waals surface area contributed by atoms with E-state index in [9.17, 15) is 22.8 Å². The Balaban J connectivity index is 1.55. The van der Waals surface area contributed by atoms with Crippen LogP contribution in [0.1, 0.15) is 18.4 Å². The van der Waals surface area contributed by atoms with Crippen LogP contribution in [0.5, 0.6) is 5.75 Å². The number of benzene rings is 1. The van der Waals surface area contributed by atoms with E-state index in [0.29, 0.717) is 6.54 Å². The molecule has 1 aliphatic carbocycles. The van der Waals surface area contributed by atoms with E-state index >= 15 is 0 Å². The number of fused-ring (bicyclic) bond motifs is 2. The van der Waals surface area contributed by atoms with Crippen LogP contribution in [-0.2, 0) is 11.3 Å². The van der Waals surface area contributed by atoms with Gasteiger partial charge in [-0.05, 0) is 42.4 Å². The van der Waals surface area contributed by atoms with Crippen LogP contribution >= 0.6 is 0 Å². The van der Waals surface area contributed by atoms with Gasteiger partial charge in [0.1, 0.15) is 5.75 Å². The molecule has 1 heterocycles. The molecule has 4 N–H and O–H groups in total. The van der Waals surface area contributed by atoms with Gasteiger partial charge < -0.3 is 21.1 Å². The zero-order valence-electron chi connectivity index (χ0n) is 15.2. The van der Waals surface area contributed by atoms with E-state index in [2.05, 4.69) is 20.3 Å². The summed E-state index contributed by atoms with van der Waals surface area (Å²) in [6.45, 7) is 1.86.